The quantitative estimate of drug-likeness (QED) is 0.583. The topological polar surface area (TPSA) is 111 Å². The predicted octanol–water partition coefficient (Wildman–Crippen LogP) is -0.652. The maximum absolute atomic E-state index is 12.4. The van der Waals surface area contributed by atoms with Crippen molar-refractivity contribution >= 4 is 17.5 Å². The molecule has 1 spiro atoms. The number of carbonyl (C=O) groups excluding carboxylic acids is 1. The van der Waals surface area contributed by atoms with Crippen molar-refractivity contribution in [3.8, 4) is 0 Å². The summed E-state index contributed by atoms with van der Waals surface area (Å²) in [6, 6.07) is 1.81. The van der Waals surface area contributed by atoms with E-state index in [2.05, 4.69) is 20.6 Å². The number of aliphatic hydroxyl groups excluding tert-OH is 2. The number of amides is 1. The van der Waals surface area contributed by atoms with Crippen LogP contribution < -0.4 is 15.5 Å². The van der Waals surface area contributed by atoms with E-state index >= 15 is 0 Å². The lowest BCUT2D eigenvalue weighted by atomic mass is 9.71. The van der Waals surface area contributed by atoms with Gasteiger partial charge in [0.15, 0.2) is 0 Å². The summed E-state index contributed by atoms with van der Waals surface area (Å²) in [5.74, 6) is 1.30. The van der Waals surface area contributed by atoms with Gasteiger partial charge in [0.05, 0.1) is 18.1 Å². The van der Waals surface area contributed by atoms with Crippen molar-refractivity contribution < 1.29 is 15.0 Å². The van der Waals surface area contributed by atoms with E-state index < -0.39 is 11.5 Å². The largest absolute Gasteiger partial charge is 0.395 e. The molecule has 2 saturated heterocycles. The molecule has 8 heteroatoms. The monoisotopic (exact) mass is 321 g/mol. The molecule has 4 N–H and O–H groups in total. The molecule has 0 aliphatic carbocycles. The zero-order valence-electron chi connectivity index (χ0n) is 13.0. The minimum atomic E-state index is -0.750. The van der Waals surface area contributed by atoms with Crippen molar-refractivity contribution in [2.75, 3.05) is 43.0 Å². The fourth-order valence-electron chi connectivity index (χ4n) is 3.44. The summed E-state index contributed by atoms with van der Waals surface area (Å²) < 4.78 is 0. The number of nitrogens with one attached hydrogen (secondary N) is 2. The third-order valence-corrected chi connectivity index (χ3v) is 4.72. The van der Waals surface area contributed by atoms with E-state index in [4.69, 9.17) is 5.11 Å². The van der Waals surface area contributed by atoms with Crippen molar-refractivity contribution in [2.24, 2.45) is 5.41 Å². The number of hydrogen-bond donors (Lipinski definition) is 4. The van der Waals surface area contributed by atoms with Gasteiger partial charge in [-0.25, -0.2) is 9.97 Å². The van der Waals surface area contributed by atoms with Crippen molar-refractivity contribution in [2.45, 2.75) is 25.4 Å². The summed E-state index contributed by atoms with van der Waals surface area (Å²) in [6.45, 7) is 2.22. The summed E-state index contributed by atoms with van der Waals surface area (Å²) >= 11 is 0. The molecule has 2 aliphatic rings. The number of hydrogen-bond acceptors (Lipinski definition) is 7. The summed E-state index contributed by atoms with van der Waals surface area (Å²) in [5, 5.41) is 25.2. The molecule has 0 bridgehead atoms. The Kier molecular flexibility index (Phi) is 4.63. The Morgan fingerprint density at radius 2 is 2.35 bits per heavy atom. The maximum Gasteiger partial charge on any atom is 0.230 e. The van der Waals surface area contributed by atoms with E-state index in [1.54, 1.807) is 0 Å². The molecule has 8 nitrogen and oxygen atoms in total. The van der Waals surface area contributed by atoms with Gasteiger partial charge in [-0.05, 0) is 19.3 Å². The number of anilines is 2. The smallest absolute Gasteiger partial charge is 0.230 e. The first-order chi connectivity index (χ1) is 11.2. The molecule has 2 aliphatic heterocycles. The molecule has 2 fully saturated rings. The van der Waals surface area contributed by atoms with Crippen molar-refractivity contribution in [3.63, 3.8) is 0 Å². The third-order valence-electron chi connectivity index (χ3n) is 4.72. The van der Waals surface area contributed by atoms with Gasteiger partial charge in [-0.1, -0.05) is 0 Å². The normalized spacial score (nSPS) is 27.8. The predicted molar refractivity (Wildman–Crippen MR) is 85.1 cm³/mol. The van der Waals surface area contributed by atoms with Gasteiger partial charge in [-0.2, -0.15) is 0 Å². The molecule has 0 radical (unpaired) electrons. The lowest BCUT2D eigenvalue weighted by Gasteiger charge is -2.47. The van der Waals surface area contributed by atoms with Crippen molar-refractivity contribution in [3.05, 3.63) is 12.4 Å². The highest BCUT2D eigenvalue weighted by molar-refractivity contribution is 5.85. The van der Waals surface area contributed by atoms with E-state index in [0.717, 1.165) is 12.2 Å². The average molecular weight is 321 g/mol. The van der Waals surface area contributed by atoms with Gasteiger partial charge in [0.25, 0.3) is 0 Å². The van der Waals surface area contributed by atoms with Crippen LogP contribution in [-0.4, -0.2) is 65.0 Å². The van der Waals surface area contributed by atoms with E-state index in [1.807, 2.05) is 11.0 Å². The molecule has 3 heterocycles. The molecule has 1 amide bonds. The van der Waals surface area contributed by atoms with Crippen LogP contribution in [-0.2, 0) is 4.79 Å². The third kappa shape index (κ3) is 3.09. The number of aliphatic hydroxyl groups is 2. The second-order valence-corrected chi connectivity index (χ2v) is 6.15. The first-order valence-electron chi connectivity index (χ1n) is 8.04. The van der Waals surface area contributed by atoms with Gasteiger partial charge in [0, 0.05) is 32.2 Å². The first kappa shape index (κ1) is 15.9. The molecule has 0 unspecified atom stereocenters. The van der Waals surface area contributed by atoms with Crippen LogP contribution in [0.3, 0.4) is 0 Å². The zero-order chi connectivity index (χ0) is 16.3. The van der Waals surface area contributed by atoms with E-state index in [9.17, 15) is 9.90 Å². The molecular formula is C15H23N5O3. The Morgan fingerprint density at radius 1 is 1.48 bits per heavy atom. The molecule has 23 heavy (non-hydrogen) atoms. The highest BCUT2D eigenvalue weighted by Crippen LogP contribution is 2.38. The molecular weight excluding hydrogens is 298 g/mol. The Morgan fingerprint density at radius 3 is 3.13 bits per heavy atom. The minimum absolute atomic E-state index is 0.0263. The summed E-state index contributed by atoms with van der Waals surface area (Å²) in [6.07, 6.45) is 2.96. The zero-order valence-corrected chi connectivity index (χ0v) is 13.0. The van der Waals surface area contributed by atoms with E-state index in [1.165, 1.54) is 6.33 Å². The van der Waals surface area contributed by atoms with Crippen LogP contribution in [0.1, 0.15) is 19.3 Å². The molecule has 1 aromatic heterocycles. The van der Waals surface area contributed by atoms with Crippen LogP contribution in [0.15, 0.2) is 12.4 Å². The van der Waals surface area contributed by atoms with Gasteiger partial charge >= 0.3 is 0 Å². The van der Waals surface area contributed by atoms with Gasteiger partial charge in [0.2, 0.25) is 5.91 Å². The summed E-state index contributed by atoms with van der Waals surface area (Å²) in [5.41, 5.74) is -0.750. The fraction of sp³-hybridized carbons (Fsp3) is 0.667. The van der Waals surface area contributed by atoms with E-state index in [0.29, 0.717) is 44.8 Å². The highest BCUT2D eigenvalue weighted by atomic mass is 16.3. The molecule has 3 rings (SSSR count). The van der Waals surface area contributed by atoms with Gasteiger partial charge < -0.3 is 25.7 Å². The lowest BCUT2D eigenvalue weighted by Crippen LogP contribution is -2.61. The molecule has 2 atom stereocenters. The van der Waals surface area contributed by atoms with Crippen molar-refractivity contribution in [1.82, 2.24) is 15.3 Å². The fourth-order valence-corrected chi connectivity index (χ4v) is 3.44. The second-order valence-electron chi connectivity index (χ2n) is 6.15. The molecule has 1 aromatic rings. The van der Waals surface area contributed by atoms with Crippen LogP contribution in [0.5, 0.6) is 0 Å². The number of nitrogens with zero attached hydrogens (tertiary/aromatic N) is 3. The summed E-state index contributed by atoms with van der Waals surface area (Å²) in [4.78, 5) is 22.8. The molecule has 126 valence electrons. The summed E-state index contributed by atoms with van der Waals surface area (Å²) in [7, 11) is 0. The van der Waals surface area contributed by atoms with Crippen molar-refractivity contribution in [1.29, 1.82) is 0 Å². The Labute approximate surface area is 134 Å². The number of aromatic nitrogens is 2. The highest BCUT2D eigenvalue weighted by Gasteiger charge is 2.50. The maximum atomic E-state index is 12.4. The molecule has 0 saturated carbocycles. The Balaban J connectivity index is 1.79. The lowest BCUT2D eigenvalue weighted by molar-refractivity contribution is -0.142. The molecule has 0 aromatic carbocycles. The first-order valence-corrected chi connectivity index (χ1v) is 8.04. The Bertz CT molecular complexity index is 570. The number of carbonyl (C=O) groups is 1. The van der Waals surface area contributed by atoms with Crippen LogP contribution in [0.4, 0.5) is 11.6 Å². The minimum Gasteiger partial charge on any atom is -0.395 e. The van der Waals surface area contributed by atoms with Gasteiger partial charge in [-0.3, -0.25) is 4.79 Å². The van der Waals surface area contributed by atoms with E-state index in [-0.39, 0.29) is 12.5 Å². The standard InChI is InChI=1S/C15H23N5O3/c21-7-5-16-12-8-13(19-10-18-12)20-6-2-11(22)15(9-20)3-1-4-17-14(15)23/h8,10-11,21-22H,1-7,9H2,(H,17,23)(H,16,18,19)/t11-,15+/m0/s1. The average Bonchev–Trinajstić information content (AvgIpc) is 2.58. The van der Waals surface area contributed by atoms with Gasteiger partial charge in [-0.15, -0.1) is 0 Å². The van der Waals surface area contributed by atoms with Crippen LogP contribution in [0.25, 0.3) is 0 Å². The van der Waals surface area contributed by atoms with Gasteiger partial charge in [0.1, 0.15) is 18.0 Å². The van der Waals surface area contributed by atoms with Crippen LogP contribution >= 0.6 is 0 Å². The van der Waals surface area contributed by atoms with Crippen LogP contribution in [0.2, 0.25) is 0 Å². The number of rotatable bonds is 4. The SMILES string of the molecule is O=C1NCCC[C@]12CN(c1cc(NCCO)ncn1)CC[C@@H]2O. The number of piperidine rings is 2. The Hall–Kier alpha value is -1.93. The van der Waals surface area contributed by atoms with Crippen LogP contribution in [0, 0.1) is 5.41 Å². The second kappa shape index (κ2) is 6.67.